The summed E-state index contributed by atoms with van der Waals surface area (Å²) in [5.74, 6) is 0.159. The number of methoxy groups -OCH3 is 1. The number of aryl methyl sites for hydroxylation is 1. The molecule has 0 saturated carbocycles. The molecule has 24 heavy (non-hydrogen) atoms. The van der Waals surface area contributed by atoms with Crippen molar-refractivity contribution >= 4 is 16.9 Å². The Bertz CT molecular complexity index is 926. The van der Waals surface area contributed by atoms with Crippen molar-refractivity contribution in [1.82, 2.24) is 10.2 Å². The third kappa shape index (κ3) is 2.52. The molecule has 124 valence electrons. The lowest BCUT2D eigenvalue weighted by Gasteiger charge is -2.15. The van der Waals surface area contributed by atoms with Gasteiger partial charge in [0.05, 0.1) is 18.2 Å². The van der Waals surface area contributed by atoms with Gasteiger partial charge in [-0.1, -0.05) is 19.9 Å². The highest BCUT2D eigenvalue weighted by Gasteiger charge is 2.19. The number of fused-ring (bicyclic) bond motifs is 1. The van der Waals surface area contributed by atoms with Gasteiger partial charge in [0, 0.05) is 10.9 Å². The number of carboxylic acid groups (broad SMARTS) is 1. The summed E-state index contributed by atoms with van der Waals surface area (Å²) in [5, 5.41) is 17.5. The van der Waals surface area contributed by atoms with Crippen LogP contribution in [0.3, 0.4) is 0 Å². The monoisotopic (exact) mass is 324 g/mol. The molecule has 0 unspecified atom stereocenters. The third-order valence-corrected chi connectivity index (χ3v) is 4.27. The van der Waals surface area contributed by atoms with Gasteiger partial charge in [-0.25, -0.2) is 4.79 Å². The van der Waals surface area contributed by atoms with E-state index in [1.165, 1.54) is 0 Å². The first-order valence-corrected chi connectivity index (χ1v) is 7.83. The summed E-state index contributed by atoms with van der Waals surface area (Å²) in [4.78, 5) is 11.6. The molecule has 0 spiro atoms. The van der Waals surface area contributed by atoms with Crippen molar-refractivity contribution in [3.63, 3.8) is 0 Å². The molecule has 0 amide bonds. The Hall–Kier alpha value is -2.82. The predicted octanol–water partition coefficient (Wildman–Crippen LogP) is 4.37. The van der Waals surface area contributed by atoms with Crippen molar-refractivity contribution in [1.29, 1.82) is 0 Å². The number of benzene rings is 2. The van der Waals surface area contributed by atoms with E-state index in [0.717, 1.165) is 22.4 Å². The molecule has 5 nitrogen and oxygen atoms in total. The Morgan fingerprint density at radius 2 is 2.04 bits per heavy atom. The number of nitrogens with zero attached hydrogens (tertiary/aromatic N) is 1. The largest absolute Gasteiger partial charge is 0.496 e. The quantitative estimate of drug-likeness (QED) is 0.747. The number of nitrogens with one attached hydrogen (secondary N) is 1. The summed E-state index contributed by atoms with van der Waals surface area (Å²) >= 11 is 0. The van der Waals surface area contributed by atoms with Gasteiger partial charge in [-0.3, -0.25) is 5.10 Å². The van der Waals surface area contributed by atoms with E-state index in [-0.39, 0.29) is 11.5 Å². The molecule has 1 heterocycles. The highest BCUT2D eigenvalue weighted by atomic mass is 16.5. The van der Waals surface area contributed by atoms with Crippen LogP contribution in [0.5, 0.6) is 5.75 Å². The van der Waals surface area contributed by atoms with E-state index >= 15 is 0 Å². The van der Waals surface area contributed by atoms with E-state index in [1.807, 2.05) is 25.1 Å². The minimum absolute atomic E-state index is 0.248. The van der Waals surface area contributed by atoms with Crippen molar-refractivity contribution in [2.24, 2.45) is 0 Å². The van der Waals surface area contributed by atoms with Gasteiger partial charge in [-0.15, -0.1) is 0 Å². The van der Waals surface area contributed by atoms with Crippen LogP contribution >= 0.6 is 0 Å². The van der Waals surface area contributed by atoms with Gasteiger partial charge in [0.2, 0.25) is 0 Å². The molecule has 0 radical (unpaired) electrons. The number of carboxylic acids is 1. The lowest BCUT2D eigenvalue weighted by molar-refractivity contribution is 0.0699. The Morgan fingerprint density at radius 3 is 2.67 bits per heavy atom. The summed E-state index contributed by atoms with van der Waals surface area (Å²) in [6.45, 7) is 6.18. The molecule has 0 aliphatic rings. The molecule has 2 aromatic carbocycles. The molecular formula is C19H20N2O3. The summed E-state index contributed by atoms with van der Waals surface area (Å²) < 4.78 is 5.49. The molecule has 5 heteroatoms. The van der Waals surface area contributed by atoms with Crippen LogP contribution in [0.15, 0.2) is 30.3 Å². The number of carbonyl (C=O) groups is 1. The topological polar surface area (TPSA) is 75.2 Å². The minimum Gasteiger partial charge on any atom is -0.496 e. The normalized spacial score (nSPS) is 11.2. The van der Waals surface area contributed by atoms with Crippen LogP contribution < -0.4 is 4.74 Å². The zero-order valence-electron chi connectivity index (χ0n) is 14.2. The van der Waals surface area contributed by atoms with Crippen LogP contribution in [0.2, 0.25) is 0 Å². The second-order valence-electron chi connectivity index (χ2n) is 6.17. The SMILES string of the molecule is COc1cc(C)c(-c2n[nH]c3cccc(C(=O)O)c23)cc1C(C)C. The number of ether oxygens (including phenoxy) is 1. The van der Waals surface area contributed by atoms with E-state index in [0.29, 0.717) is 16.6 Å². The van der Waals surface area contributed by atoms with Gasteiger partial charge in [0.15, 0.2) is 0 Å². The molecule has 3 aromatic rings. The van der Waals surface area contributed by atoms with Crippen LogP contribution in [0.1, 0.15) is 41.3 Å². The summed E-state index contributed by atoms with van der Waals surface area (Å²) in [7, 11) is 1.66. The predicted molar refractivity (Wildman–Crippen MR) is 93.9 cm³/mol. The molecular weight excluding hydrogens is 304 g/mol. The Balaban J connectivity index is 2.32. The molecule has 0 bridgehead atoms. The Labute approximate surface area is 140 Å². The van der Waals surface area contributed by atoms with Crippen molar-refractivity contribution in [3.8, 4) is 17.0 Å². The molecule has 0 fully saturated rings. The van der Waals surface area contributed by atoms with Gasteiger partial charge in [-0.05, 0) is 48.2 Å². The standard InChI is InChI=1S/C19H20N2O3/c1-10(2)13-9-14(11(3)8-16(13)24-4)18-17-12(19(22)23)6-5-7-15(17)20-21-18/h5-10H,1-4H3,(H,20,21)(H,22,23). The summed E-state index contributed by atoms with van der Waals surface area (Å²) in [6, 6.07) is 9.18. The van der Waals surface area contributed by atoms with E-state index in [2.05, 4.69) is 24.0 Å². The second kappa shape index (κ2) is 6.00. The van der Waals surface area contributed by atoms with Crippen molar-refractivity contribution in [3.05, 3.63) is 47.0 Å². The van der Waals surface area contributed by atoms with Gasteiger partial charge >= 0.3 is 5.97 Å². The fraction of sp³-hybridized carbons (Fsp3) is 0.263. The highest BCUT2D eigenvalue weighted by molar-refractivity contribution is 6.08. The van der Waals surface area contributed by atoms with Gasteiger partial charge in [-0.2, -0.15) is 5.10 Å². The van der Waals surface area contributed by atoms with E-state index in [9.17, 15) is 9.90 Å². The number of H-pyrrole nitrogens is 1. The van der Waals surface area contributed by atoms with Crippen LogP contribution in [0, 0.1) is 6.92 Å². The van der Waals surface area contributed by atoms with Gasteiger partial charge in [0.1, 0.15) is 11.4 Å². The maximum atomic E-state index is 11.6. The second-order valence-corrected chi connectivity index (χ2v) is 6.17. The van der Waals surface area contributed by atoms with Crippen molar-refractivity contribution < 1.29 is 14.6 Å². The smallest absolute Gasteiger partial charge is 0.336 e. The number of rotatable bonds is 4. The average molecular weight is 324 g/mol. The number of aromatic nitrogens is 2. The van der Waals surface area contributed by atoms with Crippen LogP contribution in [0.25, 0.3) is 22.2 Å². The van der Waals surface area contributed by atoms with Crippen LogP contribution in [0.4, 0.5) is 0 Å². The number of aromatic amines is 1. The van der Waals surface area contributed by atoms with Crippen molar-refractivity contribution in [2.45, 2.75) is 26.7 Å². The van der Waals surface area contributed by atoms with E-state index in [4.69, 9.17) is 4.74 Å². The third-order valence-electron chi connectivity index (χ3n) is 4.27. The fourth-order valence-electron chi connectivity index (χ4n) is 3.03. The maximum absolute atomic E-state index is 11.6. The lowest BCUT2D eigenvalue weighted by atomic mass is 9.93. The number of hydrogen-bond acceptors (Lipinski definition) is 3. The first-order valence-electron chi connectivity index (χ1n) is 7.83. The van der Waals surface area contributed by atoms with E-state index in [1.54, 1.807) is 19.2 Å². The Kier molecular flexibility index (Phi) is 4.01. The maximum Gasteiger partial charge on any atom is 0.336 e. The van der Waals surface area contributed by atoms with Crippen LogP contribution in [-0.4, -0.2) is 28.4 Å². The molecule has 1 aromatic heterocycles. The van der Waals surface area contributed by atoms with Crippen LogP contribution in [-0.2, 0) is 0 Å². The first kappa shape index (κ1) is 16.1. The molecule has 0 aliphatic heterocycles. The highest BCUT2D eigenvalue weighted by Crippen LogP contribution is 2.37. The fourth-order valence-corrected chi connectivity index (χ4v) is 3.03. The van der Waals surface area contributed by atoms with Crippen molar-refractivity contribution in [2.75, 3.05) is 7.11 Å². The zero-order valence-corrected chi connectivity index (χ0v) is 14.2. The first-order chi connectivity index (χ1) is 11.4. The molecule has 2 N–H and O–H groups in total. The number of hydrogen-bond donors (Lipinski definition) is 2. The molecule has 3 rings (SSSR count). The average Bonchev–Trinajstić information content (AvgIpc) is 2.97. The number of aromatic carboxylic acids is 1. The molecule has 0 atom stereocenters. The zero-order chi connectivity index (χ0) is 17.4. The summed E-state index contributed by atoms with van der Waals surface area (Å²) in [5.41, 5.74) is 4.60. The summed E-state index contributed by atoms with van der Waals surface area (Å²) in [6.07, 6.45) is 0. The van der Waals surface area contributed by atoms with Gasteiger partial charge in [0.25, 0.3) is 0 Å². The minimum atomic E-state index is -0.960. The lowest BCUT2D eigenvalue weighted by Crippen LogP contribution is -1.99. The van der Waals surface area contributed by atoms with E-state index < -0.39 is 5.97 Å². The molecule has 0 aliphatic carbocycles. The Morgan fingerprint density at radius 1 is 1.29 bits per heavy atom. The van der Waals surface area contributed by atoms with Gasteiger partial charge < -0.3 is 9.84 Å². The molecule has 0 saturated heterocycles.